The number of carbonyl (C=O) groups is 1. The second kappa shape index (κ2) is 7.01. The molecule has 0 fully saturated rings. The summed E-state index contributed by atoms with van der Waals surface area (Å²) in [5.74, 6) is 0.124. The van der Waals surface area contributed by atoms with Crippen LogP contribution in [0.2, 0.25) is 0 Å². The molecule has 0 N–H and O–H groups in total. The molecular formula is C20H18O2. The molecule has 2 nitrogen and oxygen atoms in total. The van der Waals surface area contributed by atoms with Gasteiger partial charge in [-0.1, -0.05) is 66.7 Å². The predicted octanol–water partition coefficient (Wildman–Crippen LogP) is 4.63. The summed E-state index contributed by atoms with van der Waals surface area (Å²) in [6, 6.07) is 23.9. The largest absolute Gasteiger partial charge is 0.376 e. The second-order valence-electron chi connectivity index (χ2n) is 5.27. The normalized spacial score (nSPS) is 10.7. The highest BCUT2D eigenvalue weighted by Gasteiger charge is 2.04. The third-order valence-electron chi connectivity index (χ3n) is 3.65. The summed E-state index contributed by atoms with van der Waals surface area (Å²) in [7, 11) is 0. The molecule has 0 atom stereocenters. The highest BCUT2D eigenvalue weighted by molar-refractivity contribution is 5.96. The second-order valence-corrected chi connectivity index (χ2v) is 5.27. The van der Waals surface area contributed by atoms with E-state index in [9.17, 15) is 4.79 Å². The van der Waals surface area contributed by atoms with Gasteiger partial charge in [0.25, 0.3) is 0 Å². The first-order valence-corrected chi connectivity index (χ1v) is 7.46. The van der Waals surface area contributed by atoms with Gasteiger partial charge in [-0.05, 0) is 22.4 Å². The maximum atomic E-state index is 12.0. The van der Waals surface area contributed by atoms with Crippen LogP contribution in [0.4, 0.5) is 0 Å². The Balaban J connectivity index is 1.51. The van der Waals surface area contributed by atoms with Crippen molar-refractivity contribution in [2.24, 2.45) is 0 Å². The Morgan fingerprint density at radius 2 is 1.55 bits per heavy atom. The fraction of sp³-hybridized carbons (Fsp3) is 0.150. The molecule has 3 rings (SSSR count). The lowest BCUT2D eigenvalue weighted by molar-refractivity contribution is 0.0849. The van der Waals surface area contributed by atoms with Gasteiger partial charge in [0.2, 0.25) is 0 Å². The molecule has 0 unspecified atom stereocenters. The van der Waals surface area contributed by atoms with Crippen molar-refractivity contribution in [3.63, 3.8) is 0 Å². The lowest BCUT2D eigenvalue weighted by Gasteiger charge is -2.06. The van der Waals surface area contributed by atoms with Gasteiger partial charge in [-0.25, -0.2) is 0 Å². The molecule has 0 heterocycles. The molecule has 0 aliphatic rings. The number of fused-ring (bicyclic) bond motifs is 1. The van der Waals surface area contributed by atoms with Crippen molar-refractivity contribution in [2.45, 2.75) is 13.0 Å². The first kappa shape index (κ1) is 14.5. The summed E-state index contributed by atoms with van der Waals surface area (Å²) in [5.41, 5.74) is 1.88. The topological polar surface area (TPSA) is 26.3 Å². The van der Waals surface area contributed by atoms with Crippen LogP contribution < -0.4 is 0 Å². The van der Waals surface area contributed by atoms with E-state index in [0.29, 0.717) is 19.6 Å². The molecule has 0 radical (unpaired) electrons. The number of hydrogen-bond donors (Lipinski definition) is 0. The van der Waals surface area contributed by atoms with Crippen molar-refractivity contribution in [1.29, 1.82) is 0 Å². The summed E-state index contributed by atoms with van der Waals surface area (Å²) < 4.78 is 5.64. The van der Waals surface area contributed by atoms with Crippen LogP contribution in [0.1, 0.15) is 22.3 Å². The van der Waals surface area contributed by atoms with Gasteiger partial charge in [0, 0.05) is 12.0 Å². The highest BCUT2D eigenvalue weighted by atomic mass is 16.5. The van der Waals surface area contributed by atoms with Gasteiger partial charge in [-0.2, -0.15) is 0 Å². The van der Waals surface area contributed by atoms with Gasteiger partial charge in [0.15, 0.2) is 5.78 Å². The first-order valence-electron chi connectivity index (χ1n) is 7.46. The van der Waals surface area contributed by atoms with E-state index in [1.165, 1.54) is 10.8 Å². The lowest BCUT2D eigenvalue weighted by atomic mass is 10.1. The minimum absolute atomic E-state index is 0.124. The number of hydrogen-bond acceptors (Lipinski definition) is 2. The zero-order valence-electron chi connectivity index (χ0n) is 12.4. The summed E-state index contributed by atoms with van der Waals surface area (Å²) in [6.45, 7) is 0.980. The monoisotopic (exact) mass is 290 g/mol. The van der Waals surface area contributed by atoms with Crippen molar-refractivity contribution in [1.82, 2.24) is 0 Å². The zero-order chi connectivity index (χ0) is 15.2. The number of rotatable bonds is 6. The minimum Gasteiger partial charge on any atom is -0.376 e. The van der Waals surface area contributed by atoms with E-state index >= 15 is 0 Å². The number of Topliss-reactive ketones (excluding diaryl/α,β-unsaturated/α-hetero) is 1. The maximum Gasteiger partial charge on any atom is 0.165 e. The van der Waals surface area contributed by atoms with E-state index < -0.39 is 0 Å². The Bertz CT molecular complexity index is 763. The van der Waals surface area contributed by atoms with Crippen LogP contribution in [-0.4, -0.2) is 12.4 Å². The van der Waals surface area contributed by atoms with Gasteiger partial charge >= 0.3 is 0 Å². The molecule has 0 amide bonds. The van der Waals surface area contributed by atoms with Crippen molar-refractivity contribution >= 4 is 16.6 Å². The Hall–Kier alpha value is -2.45. The van der Waals surface area contributed by atoms with Crippen LogP contribution >= 0.6 is 0 Å². The number of carbonyl (C=O) groups excluding carboxylic acids is 1. The average Bonchev–Trinajstić information content (AvgIpc) is 2.59. The maximum absolute atomic E-state index is 12.0. The smallest absolute Gasteiger partial charge is 0.165 e. The Labute approximate surface area is 130 Å². The van der Waals surface area contributed by atoms with E-state index in [2.05, 4.69) is 30.3 Å². The van der Waals surface area contributed by atoms with Crippen molar-refractivity contribution < 1.29 is 9.53 Å². The predicted molar refractivity (Wildman–Crippen MR) is 89.0 cm³/mol. The molecule has 0 bridgehead atoms. The molecule has 0 aromatic heterocycles. The van der Waals surface area contributed by atoms with Crippen LogP contribution in [0.15, 0.2) is 72.8 Å². The molecule has 0 spiro atoms. The lowest BCUT2D eigenvalue weighted by Crippen LogP contribution is -2.04. The molecule has 3 aromatic carbocycles. The molecule has 3 aromatic rings. The quantitative estimate of drug-likeness (QED) is 0.489. The van der Waals surface area contributed by atoms with E-state index in [0.717, 1.165) is 11.1 Å². The van der Waals surface area contributed by atoms with Crippen LogP contribution in [0.25, 0.3) is 10.8 Å². The number of ether oxygens (including phenoxy) is 1. The van der Waals surface area contributed by atoms with Gasteiger partial charge in [-0.3, -0.25) is 4.79 Å². The van der Waals surface area contributed by atoms with Crippen LogP contribution in [-0.2, 0) is 11.3 Å². The summed E-state index contributed by atoms with van der Waals surface area (Å²) >= 11 is 0. The van der Waals surface area contributed by atoms with E-state index in [1.807, 2.05) is 42.5 Å². The zero-order valence-corrected chi connectivity index (χ0v) is 12.4. The Morgan fingerprint density at radius 1 is 0.818 bits per heavy atom. The standard InChI is InChI=1S/C20H18O2/c21-20(18-7-2-1-3-8-18)12-13-22-15-16-10-11-17-6-4-5-9-19(17)14-16/h1-11,14H,12-13,15H2. The van der Waals surface area contributed by atoms with Gasteiger partial charge in [0.1, 0.15) is 0 Å². The van der Waals surface area contributed by atoms with Crippen molar-refractivity contribution in [3.8, 4) is 0 Å². The van der Waals surface area contributed by atoms with Crippen LogP contribution in [0.5, 0.6) is 0 Å². The van der Waals surface area contributed by atoms with Crippen molar-refractivity contribution in [2.75, 3.05) is 6.61 Å². The minimum atomic E-state index is 0.124. The number of benzene rings is 3. The molecule has 22 heavy (non-hydrogen) atoms. The SMILES string of the molecule is O=C(CCOCc1ccc2ccccc2c1)c1ccccc1. The van der Waals surface area contributed by atoms with Gasteiger partial charge in [0.05, 0.1) is 13.2 Å². The molecule has 0 aliphatic heterocycles. The molecule has 2 heteroatoms. The first-order chi connectivity index (χ1) is 10.8. The highest BCUT2D eigenvalue weighted by Crippen LogP contribution is 2.16. The third-order valence-corrected chi connectivity index (χ3v) is 3.65. The molecular weight excluding hydrogens is 272 g/mol. The Morgan fingerprint density at radius 3 is 2.36 bits per heavy atom. The van der Waals surface area contributed by atoms with Gasteiger partial charge < -0.3 is 4.74 Å². The van der Waals surface area contributed by atoms with E-state index in [-0.39, 0.29) is 5.78 Å². The average molecular weight is 290 g/mol. The van der Waals surface area contributed by atoms with Gasteiger partial charge in [-0.15, -0.1) is 0 Å². The fourth-order valence-corrected chi connectivity index (χ4v) is 2.45. The van der Waals surface area contributed by atoms with E-state index in [1.54, 1.807) is 0 Å². The number of ketones is 1. The van der Waals surface area contributed by atoms with Crippen LogP contribution in [0.3, 0.4) is 0 Å². The third kappa shape index (κ3) is 3.60. The molecule has 110 valence electrons. The summed E-state index contributed by atoms with van der Waals surface area (Å²) in [4.78, 5) is 12.0. The summed E-state index contributed by atoms with van der Waals surface area (Å²) in [5, 5.41) is 2.44. The van der Waals surface area contributed by atoms with Crippen molar-refractivity contribution in [3.05, 3.63) is 83.9 Å². The molecule has 0 saturated carbocycles. The molecule has 0 aliphatic carbocycles. The molecule has 0 saturated heterocycles. The Kier molecular flexibility index (Phi) is 4.62. The van der Waals surface area contributed by atoms with E-state index in [4.69, 9.17) is 4.74 Å². The fourth-order valence-electron chi connectivity index (χ4n) is 2.45. The summed E-state index contributed by atoms with van der Waals surface area (Å²) in [6.07, 6.45) is 0.414. The van der Waals surface area contributed by atoms with Crippen LogP contribution in [0, 0.1) is 0 Å².